The predicted molar refractivity (Wildman–Crippen MR) is 141 cm³/mol. The van der Waals surface area contributed by atoms with Gasteiger partial charge in [0.25, 0.3) is 5.91 Å². The van der Waals surface area contributed by atoms with E-state index in [-0.39, 0.29) is 11.7 Å². The lowest BCUT2D eigenvalue weighted by atomic mass is 9.99. The summed E-state index contributed by atoms with van der Waals surface area (Å²) in [6, 6.07) is 29.9. The lowest BCUT2D eigenvalue weighted by Crippen LogP contribution is -2.30. The van der Waals surface area contributed by atoms with Crippen molar-refractivity contribution in [1.82, 2.24) is 4.90 Å². The smallest absolute Gasteiger partial charge is 0.254 e. The Labute approximate surface area is 215 Å². The number of halogens is 1. The summed E-state index contributed by atoms with van der Waals surface area (Å²) < 4.78 is 5.80. The van der Waals surface area contributed by atoms with Gasteiger partial charge in [0.1, 0.15) is 17.6 Å². The van der Waals surface area contributed by atoms with Gasteiger partial charge in [0.15, 0.2) is 5.78 Å². The van der Waals surface area contributed by atoms with Gasteiger partial charge in [-0.2, -0.15) is 0 Å². The minimum Gasteiger partial charge on any atom is -0.456 e. The van der Waals surface area contributed by atoms with E-state index in [1.807, 2.05) is 25.1 Å². The molecule has 4 rings (SSSR count). The van der Waals surface area contributed by atoms with Crippen LogP contribution >= 0.6 is 11.6 Å². The summed E-state index contributed by atoms with van der Waals surface area (Å²) in [6.45, 7) is 2.83. The summed E-state index contributed by atoms with van der Waals surface area (Å²) in [4.78, 5) is 27.5. The van der Waals surface area contributed by atoms with Crippen molar-refractivity contribution < 1.29 is 19.4 Å². The van der Waals surface area contributed by atoms with Gasteiger partial charge in [-0.3, -0.25) is 9.59 Å². The third-order valence-corrected chi connectivity index (χ3v) is 6.12. The van der Waals surface area contributed by atoms with Crippen LogP contribution in [0.2, 0.25) is 5.02 Å². The van der Waals surface area contributed by atoms with Gasteiger partial charge in [0.05, 0.1) is 5.02 Å². The Bertz CT molecular complexity index is 1320. The number of para-hydroxylation sites is 1. The van der Waals surface area contributed by atoms with Crippen LogP contribution in [0.3, 0.4) is 0 Å². The highest BCUT2D eigenvalue weighted by atomic mass is 35.5. The first-order valence-corrected chi connectivity index (χ1v) is 12.0. The lowest BCUT2D eigenvalue weighted by Gasteiger charge is -2.21. The minimum absolute atomic E-state index is 0.110. The van der Waals surface area contributed by atoms with Crippen molar-refractivity contribution >= 4 is 23.3 Å². The van der Waals surface area contributed by atoms with Crippen molar-refractivity contribution in [2.75, 3.05) is 6.54 Å². The Morgan fingerprint density at radius 3 is 2.08 bits per heavy atom. The molecule has 1 amide bonds. The molecular formula is C30H26ClNO4. The molecule has 5 nitrogen and oxygen atoms in total. The highest BCUT2D eigenvalue weighted by molar-refractivity contribution is 6.32. The van der Waals surface area contributed by atoms with Crippen LogP contribution in [0.25, 0.3) is 0 Å². The number of Topliss-reactive ketones (excluding diaryl/α,β-unsaturated/α-hetero) is 1. The van der Waals surface area contributed by atoms with E-state index >= 15 is 0 Å². The molecule has 1 atom stereocenters. The first kappa shape index (κ1) is 25.2. The van der Waals surface area contributed by atoms with Crippen molar-refractivity contribution in [3.8, 4) is 11.5 Å². The van der Waals surface area contributed by atoms with Crippen molar-refractivity contribution in [1.29, 1.82) is 0 Å². The van der Waals surface area contributed by atoms with Gasteiger partial charge in [0, 0.05) is 24.2 Å². The SMILES string of the molecule is CCN(Cc1ccc(C(=O)C(O)c2ccccc2)cc1)C(=O)c1ccc(Oc2ccccc2Cl)cc1. The van der Waals surface area contributed by atoms with Crippen molar-refractivity contribution in [3.63, 3.8) is 0 Å². The van der Waals surface area contributed by atoms with Crippen LogP contribution in [0.4, 0.5) is 0 Å². The van der Waals surface area contributed by atoms with Gasteiger partial charge in [-0.1, -0.05) is 78.3 Å². The zero-order valence-corrected chi connectivity index (χ0v) is 20.6. The molecule has 0 aliphatic rings. The average Bonchev–Trinajstić information content (AvgIpc) is 2.93. The fraction of sp³-hybridized carbons (Fsp3) is 0.133. The number of nitrogens with zero attached hydrogens (tertiary/aromatic N) is 1. The van der Waals surface area contributed by atoms with E-state index in [1.54, 1.807) is 89.8 Å². The van der Waals surface area contributed by atoms with Gasteiger partial charge in [0.2, 0.25) is 0 Å². The molecule has 0 radical (unpaired) electrons. The first-order chi connectivity index (χ1) is 17.5. The Hall–Kier alpha value is -3.93. The van der Waals surface area contributed by atoms with Crippen LogP contribution in [-0.4, -0.2) is 28.2 Å². The normalized spacial score (nSPS) is 11.5. The maximum atomic E-state index is 13.1. The first-order valence-electron chi connectivity index (χ1n) is 11.6. The lowest BCUT2D eigenvalue weighted by molar-refractivity contribution is 0.0741. The van der Waals surface area contributed by atoms with Gasteiger partial charge in [-0.05, 0) is 54.4 Å². The standard InChI is InChI=1S/C30H26ClNO4/c1-2-32(30(35)24-16-18-25(19-17-24)36-27-11-7-6-10-26(27)31)20-21-12-14-23(15-13-21)29(34)28(33)22-8-4-3-5-9-22/h3-19,28,33H,2,20H2,1H3. The second-order valence-corrected chi connectivity index (χ2v) is 8.66. The average molecular weight is 500 g/mol. The Kier molecular flexibility index (Phi) is 8.16. The van der Waals surface area contributed by atoms with Crippen LogP contribution in [-0.2, 0) is 6.54 Å². The summed E-state index contributed by atoms with van der Waals surface area (Å²) in [7, 11) is 0. The number of ketones is 1. The number of benzene rings is 4. The van der Waals surface area contributed by atoms with Gasteiger partial charge in [-0.25, -0.2) is 0 Å². The molecule has 0 saturated carbocycles. The third-order valence-electron chi connectivity index (χ3n) is 5.81. The monoisotopic (exact) mass is 499 g/mol. The molecular weight excluding hydrogens is 474 g/mol. The van der Waals surface area contributed by atoms with Crippen molar-refractivity contribution in [2.24, 2.45) is 0 Å². The molecule has 0 aliphatic heterocycles. The molecule has 0 bridgehead atoms. The highest BCUT2D eigenvalue weighted by Crippen LogP contribution is 2.29. The van der Waals surface area contributed by atoms with E-state index in [0.717, 1.165) is 5.56 Å². The fourth-order valence-corrected chi connectivity index (χ4v) is 3.94. The molecule has 36 heavy (non-hydrogen) atoms. The molecule has 0 fully saturated rings. The summed E-state index contributed by atoms with van der Waals surface area (Å²) >= 11 is 6.15. The number of hydrogen-bond acceptors (Lipinski definition) is 4. The molecule has 0 spiro atoms. The predicted octanol–water partition coefficient (Wildman–Crippen LogP) is 6.71. The largest absolute Gasteiger partial charge is 0.456 e. The molecule has 4 aromatic rings. The number of hydrogen-bond donors (Lipinski definition) is 1. The maximum absolute atomic E-state index is 13.1. The van der Waals surface area contributed by atoms with Crippen molar-refractivity contribution in [3.05, 3.63) is 130 Å². The molecule has 6 heteroatoms. The number of carbonyl (C=O) groups excluding carboxylic acids is 2. The van der Waals surface area contributed by atoms with Crippen LogP contribution in [0.5, 0.6) is 11.5 Å². The molecule has 0 saturated heterocycles. The number of aliphatic hydroxyl groups excluding tert-OH is 1. The van der Waals surface area contributed by atoms with Gasteiger partial charge >= 0.3 is 0 Å². The molecule has 1 unspecified atom stereocenters. The number of aliphatic hydroxyl groups is 1. The Morgan fingerprint density at radius 1 is 0.833 bits per heavy atom. The molecule has 0 heterocycles. The van der Waals surface area contributed by atoms with Crippen molar-refractivity contribution in [2.45, 2.75) is 19.6 Å². The van der Waals surface area contributed by atoms with Crippen LogP contribution < -0.4 is 4.74 Å². The molecule has 182 valence electrons. The minimum atomic E-state index is -1.21. The molecule has 4 aromatic carbocycles. The van der Waals surface area contributed by atoms with E-state index in [1.165, 1.54) is 0 Å². The summed E-state index contributed by atoms with van der Waals surface area (Å²) in [5.41, 5.74) is 2.40. The zero-order chi connectivity index (χ0) is 25.5. The molecule has 0 aliphatic carbocycles. The topological polar surface area (TPSA) is 66.8 Å². The van der Waals surface area contributed by atoms with Crippen LogP contribution in [0.1, 0.15) is 44.9 Å². The summed E-state index contributed by atoms with van der Waals surface area (Å²) in [5, 5.41) is 10.9. The number of carbonyl (C=O) groups is 2. The van der Waals surface area contributed by atoms with Gasteiger partial charge in [-0.15, -0.1) is 0 Å². The number of rotatable bonds is 9. The Balaban J connectivity index is 1.40. The van der Waals surface area contributed by atoms with E-state index in [9.17, 15) is 14.7 Å². The number of ether oxygens (including phenoxy) is 1. The van der Waals surface area contributed by atoms with Crippen LogP contribution in [0, 0.1) is 0 Å². The van der Waals surface area contributed by atoms with E-state index in [0.29, 0.717) is 46.3 Å². The maximum Gasteiger partial charge on any atom is 0.254 e. The fourth-order valence-electron chi connectivity index (χ4n) is 3.77. The van der Waals surface area contributed by atoms with Crippen LogP contribution in [0.15, 0.2) is 103 Å². The Morgan fingerprint density at radius 2 is 1.44 bits per heavy atom. The third kappa shape index (κ3) is 6.00. The van der Waals surface area contributed by atoms with E-state index < -0.39 is 6.10 Å². The quantitative estimate of drug-likeness (QED) is 0.260. The van der Waals surface area contributed by atoms with E-state index in [4.69, 9.17) is 16.3 Å². The zero-order valence-electron chi connectivity index (χ0n) is 19.8. The van der Waals surface area contributed by atoms with E-state index in [2.05, 4.69) is 0 Å². The number of amides is 1. The van der Waals surface area contributed by atoms with Gasteiger partial charge < -0.3 is 14.7 Å². The second-order valence-electron chi connectivity index (χ2n) is 8.25. The highest BCUT2D eigenvalue weighted by Gasteiger charge is 2.20. The summed E-state index contributed by atoms with van der Waals surface area (Å²) in [6.07, 6.45) is -1.21. The molecule has 1 N–H and O–H groups in total. The second kappa shape index (κ2) is 11.7. The molecule has 0 aromatic heterocycles. The summed E-state index contributed by atoms with van der Waals surface area (Å²) in [5.74, 6) is 0.656.